The van der Waals surface area contributed by atoms with Crippen LogP contribution in [0.1, 0.15) is 38.7 Å². The molecule has 0 spiro atoms. The molecule has 0 unspecified atom stereocenters. The number of aromatic nitrogens is 3. The second-order valence-electron chi connectivity index (χ2n) is 9.19. The highest BCUT2D eigenvalue weighted by Crippen LogP contribution is 2.39. The number of amides is 1. The highest BCUT2D eigenvalue weighted by molar-refractivity contribution is 7.99. The molecule has 0 saturated carbocycles. The molecule has 1 amide bonds. The van der Waals surface area contributed by atoms with Gasteiger partial charge in [0.05, 0.1) is 17.1 Å². The van der Waals surface area contributed by atoms with Gasteiger partial charge < -0.3 is 10.2 Å². The molecule has 1 fully saturated rings. The van der Waals surface area contributed by atoms with Crippen molar-refractivity contribution < 1.29 is 4.79 Å². The van der Waals surface area contributed by atoms with E-state index in [4.69, 9.17) is 0 Å². The van der Waals surface area contributed by atoms with Crippen molar-refractivity contribution in [3.05, 3.63) is 54.1 Å². The number of rotatable bonds is 5. The first-order valence-electron chi connectivity index (χ1n) is 11.3. The smallest absolute Gasteiger partial charge is 0.234 e. The van der Waals surface area contributed by atoms with Crippen LogP contribution < -0.4 is 10.2 Å². The van der Waals surface area contributed by atoms with E-state index in [1.165, 1.54) is 36.6 Å². The van der Waals surface area contributed by atoms with Gasteiger partial charge in [-0.15, -0.1) is 10.2 Å². The maximum absolute atomic E-state index is 12.9. The number of hydrogen-bond donors (Lipinski definition) is 1. The SMILES string of the molecule is CC1(C)Cc2ccccc2-c2nnc(SCC(=O)Nc3ccccc3N3CCCCC3)n21. The Kier molecular flexibility index (Phi) is 5.67. The number of piperidine rings is 1. The van der Waals surface area contributed by atoms with Crippen molar-refractivity contribution in [3.63, 3.8) is 0 Å². The normalized spacial score (nSPS) is 16.9. The van der Waals surface area contributed by atoms with Crippen LogP contribution in [0, 0.1) is 0 Å². The molecule has 0 radical (unpaired) electrons. The van der Waals surface area contributed by atoms with Crippen LogP contribution in [0.15, 0.2) is 53.7 Å². The molecule has 32 heavy (non-hydrogen) atoms. The molecule has 1 saturated heterocycles. The van der Waals surface area contributed by atoms with Gasteiger partial charge in [0.2, 0.25) is 5.91 Å². The van der Waals surface area contributed by atoms with Crippen molar-refractivity contribution in [2.24, 2.45) is 0 Å². The number of para-hydroxylation sites is 2. The third-order valence-corrected chi connectivity index (χ3v) is 7.26. The van der Waals surface area contributed by atoms with Crippen LogP contribution >= 0.6 is 11.8 Å². The number of carbonyl (C=O) groups is 1. The first kappa shape index (κ1) is 21.1. The molecule has 7 heteroatoms. The zero-order valence-corrected chi connectivity index (χ0v) is 19.5. The molecule has 6 nitrogen and oxygen atoms in total. The number of fused-ring (bicyclic) bond motifs is 3. The van der Waals surface area contributed by atoms with Gasteiger partial charge in [0.25, 0.3) is 0 Å². The number of nitrogens with one attached hydrogen (secondary N) is 1. The van der Waals surface area contributed by atoms with E-state index in [0.717, 1.165) is 47.4 Å². The van der Waals surface area contributed by atoms with E-state index < -0.39 is 0 Å². The molecule has 3 heterocycles. The van der Waals surface area contributed by atoms with E-state index in [-0.39, 0.29) is 11.4 Å². The van der Waals surface area contributed by atoms with E-state index in [1.807, 2.05) is 24.3 Å². The van der Waals surface area contributed by atoms with Gasteiger partial charge in [0.15, 0.2) is 11.0 Å². The molecular weight excluding hydrogens is 418 g/mol. The van der Waals surface area contributed by atoms with E-state index in [1.54, 1.807) is 0 Å². The number of nitrogens with zero attached hydrogens (tertiary/aromatic N) is 4. The second-order valence-corrected chi connectivity index (χ2v) is 10.1. The summed E-state index contributed by atoms with van der Waals surface area (Å²) in [4.78, 5) is 15.2. The number of benzene rings is 2. The summed E-state index contributed by atoms with van der Waals surface area (Å²) in [5.41, 5.74) is 4.28. The third-order valence-electron chi connectivity index (χ3n) is 6.33. The number of carbonyl (C=O) groups excluding carboxylic acids is 1. The molecule has 3 aromatic rings. The van der Waals surface area contributed by atoms with Gasteiger partial charge in [-0.3, -0.25) is 9.36 Å². The number of hydrogen-bond acceptors (Lipinski definition) is 5. The molecule has 2 aliphatic heterocycles. The summed E-state index contributed by atoms with van der Waals surface area (Å²) in [5, 5.41) is 12.9. The Morgan fingerprint density at radius 2 is 1.78 bits per heavy atom. The van der Waals surface area contributed by atoms with E-state index in [2.05, 4.69) is 63.1 Å². The highest BCUT2D eigenvalue weighted by Gasteiger charge is 2.34. The van der Waals surface area contributed by atoms with Crippen molar-refractivity contribution in [2.45, 2.75) is 50.2 Å². The molecule has 0 bridgehead atoms. The second kappa shape index (κ2) is 8.62. The average molecular weight is 448 g/mol. The summed E-state index contributed by atoms with van der Waals surface area (Å²) < 4.78 is 2.19. The minimum Gasteiger partial charge on any atom is -0.370 e. The first-order chi connectivity index (χ1) is 15.5. The van der Waals surface area contributed by atoms with Crippen LogP contribution in [-0.4, -0.2) is 39.5 Å². The van der Waals surface area contributed by atoms with Crippen molar-refractivity contribution >= 4 is 29.0 Å². The van der Waals surface area contributed by atoms with Crippen LogP contribution in [0.25, 0.3) is 11.4 Å². The van der Waals surface area contributed by atoms with Crippen molar-refractivity contribution in [2.75, 3.05) is 29.1 Å². The highest BCUT2D eigenvalue weighted by atomic mass is 32.2. The van der Waals surface area contributed by atoms with Crippen LogP contribution in [0.5, 0.6) is 0 Å². The molecular formula is C25H29N5OS. The maximum Gasteiger partial charge on any atom is 0.234 e. The van der Waals surface area contributed by atoms with Gasteiger partial charge in [-0.25, -0.2) is 0 Å². The minimum absolute atomic E-state index is 0.0224. The van der Waals surface area contributed by atoms with Crippen molar-refractivity contribution in [1.29, 1.82) is 0 Å². The lowest BCUT2D eigenvalue weighted by Crippen LogP contribution is -2.34. The molecule has 2 aromatic carbocycles. The van der Waals surface area contributed by atoms with E-state index in [0.29, 0.717) is 5.75 Å². The van der Waals surface area contributed by atoms with Gasteiger partial charge in [-0.05, 0) is 57.2 Å². The molecule has 0 atom stereocenters. The summed E-state index contributed by atoms with van der Waals surface area (Å²) in [7, 11) is 0. The third kappa shape index (κ3) is 4.01. The largest absolute Gasteiger partial charge is 0.370 e. The Morgan fingerprint density at radius 3 is 2.62 bits per heavy atom. The Bertz CT molecular complexity index is 1130. The average Bonchev–Trinajstić information content (AvgIpc) is 3.24. The summed E-state index contributed by atoms with van der Waals surface area (Å²) in [6, 6.07) is 16.5. The van der Waals surface area contributed by atoms with Gasteiger partial charge in [-0.1, -0.05) is 48.2 Å². The topological polar surface area (TPSA) is 63.1 Å². The quantitative estimate of drug-likeness (QED) is 0.560. The van der Waals surface area contributed by atoms with Gasteiger partial charge in [0.1, 0.15) is 0 Å². The van der Waals surface area contributed by atoms with Crippen LogP contribution in [0.2, 0.25) is 0 Å². The zero-order chi connectivity index (χ0) is 22.1. The summed E-state index contributed by atoms with van der Waals surface area (Å²) in [5.74, 6) is 1.16. The van der Waals surface area contributed by atoms with Crippen LogP contribution in [0.3, 0.4) is 0 Å². The zero-order valence-electron chi connectivity index (χ0n) is 18.7. The van der Waals surface area contributed by atoms with Crippen LogP contribution in [-0.2, 0) is 16.8 Å². The van der Waals surface area contributed by atoms with E-state index >= 15 is 0 Å². The maximum atomic E-state index is 12.9. The number of anilines is 2. The molecule has 2 aliphatic rings. The van der Waals surface area contributed by atoms with Crippen molar-refractivity contribution in [3.8, 4) is 11.4 Å². The molecule has 1 aromatic heterocycles. The summed E-state index contributed by atoms with van der Waals surface area (Å²) >= 11 is 1.45. The Labute approximate surface area is 193 Å². The first-order valence-corrected chi connectivity index (χ1v) is 12.3. The Hall–Kier alpha value is -2.80. The van der Waals surface area contributed by atoms with Gasteiger partial charge in [0, 0.05) is 24.2 Å². The Morgan fingerprint density at radius 1 is 1.03 bits per heavy atom. The predicted molar refractivity (Wildman–Crippen MR) is 130 cm³/mol. The molecule has 1 N–H and O–H groups in total. The summed E-state index contributed by atoms with van der Waals surface area (Å²) in [6.45, 7) is 6.50. The standard InChI is InChI=1S/C25H29N5OS/c1-25(2)16-18-10-4-5-11-19(18)23-27-28-24(30(23)25)32-17-22(31)26-20-12-6-7-13-21(20)29-14-8-3-9-15-29/h4-7,10-13H,3,8-9,14-17H2,1-2H3,(H,26,31). The molecule has 0 aliphatic carbocycles. The molecule has 166 valence electrons. The monoisotopic (exact) mass is 447 g/mol. The predicted octanol–water partition coefficient (Wildman–Crippen LogP) is 4.96. The molecule has 5 rings (SSSR count). The van der Waals surface area contributed by atoms with Crippen LogP contribution in [0.4, 0.5) is 11.4 Å². The number of thioether (sulfide) groups is 1. The van der Waals surface area contributed by atoms with E-state index in [9.17, 15) is 4.79 Å². The fourth-order valence-electron chi connectivity index (χ4n) is 4.83. The van der Waals surface area contributed by atoms with Crippen molar-refractivity contribution in [1.82, 2.24) is 14.8 Å². The minimum atomic E-state index is -0.146. The fraction of sp³-hybridized carbons (Fsp3) is 0.400. The lowest BCUT2D eigenvalue weighted by atomic mass is 9.87. The summed E-state index contributed by atoms with van der Waals surface area (Å²) in [6.07, 6.45) is 4.60. The van der Waals surface area contributed by atoms with Gasteiger partial charge >= 0.3 is 0 Å². The lowest BCUT2D eigenvalue weighted by Gasteiger charge is -2.34. The fourth-order valence-corrected chi connectivity index (χ4v) is 5.72. The van der Waals surface area contributed by atoms with Gasteiger partial charge in [-0.2, -0.15) is 0 Å². The Balaban J connectivity index is 1.31. The lowest BCUT2D eigenvalue weighted by molar-refractivity contribution is -0.113.